The van der Waals surface area contributed by atoms with Crippen LogP contribution in [0.4, 0.5) is 5.82 Å². The summed E-state index contributed by atoms with van der Waals surface area (Å²) in [4.78, 5) is 8.59. The number of hydrogen-bond donors (Lipinski definition) is 1. The molecule has 1 aromatic heterocycles. The Balaban J connectivity index is 2.11. The van der Waals surface area contributed by atoms with Gasteiger partial charge in [0.25, 0.3) is 0 Å². The van der Waals surface area contributed by atoms with E-state index in [0.29, 0.717) is 30.8 Å². The van der Waals surface area contributed by atoms with Crippen LogP contribution in [0.5, 0.6) is 11.5 Å². The molecule has 0 spiro atoms. The van der Waals surface area contributed by atoms with Crippen molar-refractivity contribution in [3.8, 4) is 11.5 Å². The van der Waals surface area contributed by atoms with Crippen LogP contribution in [0.15, 0.2) is 12.1 Å². The first-order valence-corrected chi connectivity index (χ1v) is 7.62. The maximum absolute atomic E-state index is 6.02. The van der Waals surface area contributed by atoms with Crippen LogP contribution >= 0.6 is 11.6 Å². The molecule has 3 rings (SSSR count). The van der Waals surface area contributed by atoms with Crippen LogP contribution in [0.3, 0.4) is 0 Å². The number of benzene rings is 1. The monoisotopic (exact) mass is 307 g/mol. The summed E-state index contributed by atoms with van der Waals surface area (Å²) in [7, 11) is 0. The molecule has 1 heterocycles. The van der Waals surface area contributed by atoms with Gasteiger partial charge >= 0.3 is 0 Å². The van der Waals surface area contributed by atoms with E-state index < -0.39 is 0 Å². The van der Waals surface area contributed by atoms with Crippen molar-refractivity contribution in [2.24, 2.45) is 0 Å². The smallest absolute Gasteiger partial charge is 0.224 e. The third-order valence-corrected chi connectivity index (χ3v) is 3.42. The summed E-state index contributed by atoms with van der Waals surface area (Å²) in [5, 5.41) is 4.52. The van der Waals surface area contributed by atoms with Crippen LogP contribution in [0.2, 0.25) is 5.28 Å². The van der Waals surface area contributed by atoms with E-state index >= 15 is 0 Å². The minimum Gasteiger partial charge on any atom is -0.490 e. The minimum atomic E-state index is 0.234. The molecule has 0 amide bonds. The topological polar surface area (TPSA) is 56.3 Å². The van der Waals surface area contributed by atoms with Gasteiger partial charge in [-0.05, 0) is 44.4 Å². The fourth-order valence-electron chi connectivity index (χ4n) is 2.18. The van der Waals surface area contributed by atoms with Crippen LogP contribution in [-0.4, -0.2) is 29.2 Å². The number of halogens is 1. The van der Waals surface area contributed by atoms with Crippen LogP contribution in [-0.2, 0) is 0 Å². The Morgan fingerprint density at radius 1 is 1.14 bits per heavy atom. The van der Waals surface area contributed by atoms with Gasteiger partial charge in [-0.3, -0.25) is 0 Å². The average molecular weight is 308 g/mol. The first-order valence-electron chi connectivity index (χ1n) is 7.24. The molecule has 2 aromatic rings. The largest absolute Gasteiger partial charge is 0.490 e. The zero-order chi connectivity index (χ0) is 14.8. The van der Waals surface area contributed by atoms with Gasteiger partial charge in [-0.15, -0.1) is 0 Å². The third kappa shape index (κ3) is 3.13. The second-order valence-electron chi connectivity index (χ2n) is 4.94. The standard InChI is InChI=1S/C15H18ClN3O2/c1-3-20-12-7-10-11(8-13(12)21-4-2)18-15(16)19-14(10)17-9-5-6-9/h7-9H,3-6H2,1-2H3,(H,17,18,19). The molecule has 1 aliphatic rings. The maximum atomic E-state index is 6.02. The zero-order valence-corrected chi connectivity index (χ0v) is 12.9. The average Bonchev–Trinajstić information content (AvgIpc) is 3.24. The van der Waals surface area contributed by atoms with E-state index in [1.165, 1.54) is 12.8 Å². The predicted octanol–water partition coefficient (Wildman–Crippen LogP) is 3.65. The molecule has 5 nitrogen and oxygen atoms in total. The predicted molar refractivity (Wildman–Crippen MR) is 83.5 cm³/mol. The molecule has 1 N–H and O–H groups in total. The van der Waals surface area contributed by atoms with E-state index in [0.717, 1.165) is 16.7 Å². The highest BCUT2D eigenvalue weighted by Crippen LogP contribution is 2.36. The van der Waals surface area contributed by atoms with Gasteiger partial charge in [0.15, 0.2) is 11.5 Å². The number of rotatable bonds is 6. The van der Waals surface area contributed by atoms with Crippen molar-refractivity contribution in [1.29, 1.82) is 0 Å². The van der Waals surface area contributed by atoms with Gasteiger partial charge in [-0.25, -0.2) is 9.97 Å². The fraction of sp³-hybridized carbons (Fsp3) is 0.467. The SMILES string of the molecule is CCOc1cc2nc(Cl)nc(NC3CC3)c2cc1OCC. The lowest BCUT2D eigenvalue weighted by molar-refractivity contribution is 0.288. The van der Waals surface area contributed by atoms with Gasteiger partial charge in [0.2, 0.25) is 5.28 Å². The number of nitrogens with one attached hydrogen (secondary N) is 1. The van der Waals surface area contributed by atoms with Gasteiger partial charge in [-0.2, -0.15) is 0 Å². The fourth-order valence-corrected chi connectivity index (χ4v) is 2.35. The lowest BCUT2D eigenvalue weighted by Crippen LogP contribution is -2.05. The molecule has 112 valence electrons. The van der Waals surface area contributed by atoms with Crippen molar-refractivity contribution in [2.45, 2.75) is 32.7 Å². The Kier molecular flexibility index (Phi) is 4.01. The zero-order valence-electron chi connectivity index (χ0n) is 12.1. The molecular formula is C15H18ClN3O2. The normalized spacial score (nSPS) is 14.2. The van der Waals surface area contributed by atoms with E-state index in [4.69, 9.17) is 21.1 Å². The van der Waals surface area contributed by atoms with Crippen molar-refractivity contribution in [2.75, 3.05) is 18.5 Å². The molecule has 0 atom stereocenters. The molecule has 6 heteroatoms. The molecule has 21 heavy (non-hydrogen) atoms. The number of anilines is 1. The second-order valence-corrected chi connectivity index (χ2v) is 5.28. The highest BCUT2D eigenvalue weighted by Gasteiger charge is 2.23. The molecule has 0 radical (unpaired) electrons. The Labute approximate surface area is 128 Å². The highest BCUT2D eigenvalue weighted by molar-refractivity contribution is 6.28. The van der Waals surface area contributed by atoms with Gasteiger partial charge < -0.3 is 14.8 Å². The molecule has 1 saturated carbocycles. The van der Waals surface area contributed by atoms with E-state index in [9.17, 15) is 0 Å². The summed E-state index contributed by atoms with van der Waals surface area (Å²) < 4.78 is 11.3. The lowest BCUT2D eigenvalue weighted by Gasteiger charge is -2.14. The molecule has 0 aliphatic heterocycles. The number of fused-ring (bicyclic) bond motifs is 1. The van der Waals surface area contributed by atoms with Crippen LogP contribution < -0.4 is 14.8 Å². The van der Waals surface area contributed by atoms with Crippen molar-refractivity contribution in [3.63, 3.8) is 0 Å². The summed E-state index contributed by atoms with van der Waals surface area (Å²) in [6, 6.07) is 4.27. The van der Waals surface area contributed by atoms with Gasteiger partial charge in [0, 0.05) is 17.5 Å². The van der Waals surface area contributed by atoms with Crippen molar-refractivity contribution >= 4 is 28.3 Å². The lowest BCUT2D eigenvalue weighted by atomic mass is 10.2. The molecular weight excluding hydrogens is 290 g/mol. The molecule has 0 saturated heterocycles. The van der Waals surface area contributed by atoms with Gasteiger partial charge in [0.1, 0.15) is 5.82 Å². The number of hydrogen-bond acceptors (Lipinski definition) is 5. The van der Waals surface area contributed by atoms with Gasteiger partial charge in [0.05, 0.1) is 18.7 Å². The van der Waals surface area contributed by atoms with Crippen LogP contribution in [0, 0.1) is 0 Å². The van der Waals surface area contributed by atoms with Crippen molar-refractivity contribution in [3.05, 3.63) is 17.4 Å². The number of aromatic nitrogens is 2. The first-order chi connectivity index (χ1) is 10.2. The van der Waals surface area contributed by atoms with E-state index in [-0.39, 0.29) is 5.28 Å². The Morgan fingerprint density at radius 3 is 2.43 bits per heavy atom. The van der Waals surface area contributed by atoms with Gasteiger partial charge in [-0.1, -0.05) is 0 Å². The summed E-state index contributed by atoms with van der Waals surface area (Å²) >= 11 is 6.02. The first kappa shape index (κ1) is 14.2. The summed E-state index contributed by atoms with van der Waals surface area (Å²) in [5.41, 5.74) is 0.755. The Morgan fingerprint density at radius 2 is 1.81 bits per heavy atom. The Bertz CT molecular complexity index is 659. The van der Waals surface area contributed by atoms with E-state index in [1.54, 1.807) is 0 Å². The highest BCUT2D eigenvalue weighted by atomic mass is 35.5. The van der Waals surface area contributed by atoms with E-state index in [1.807, 2.05) is 26.0 Å². The molecule has 1 aliphatic carbocycles. The summed E-state index contributed by atoms with van der Waals surface area (Å²) in [6.07, 6.45) is 2.33. The molecule has 0 bridgehead atoms. The molecule has 0 unspecified atom stereocenters. The van der Waals surface area contributed by atoms with Crippen molar-refractivity contribution < 1.29 is 9.47 Å². The van der Waals surface area contributed by atoms with Crippen LogP contribution in [0.25, 0.3) is 10.9 Å². The van der Waals surface area contributed by atoms with Crippen molar-refractivity contribution in [1.82, 2.24) is 9.97 Å². The molecule has 1 fully saturated rings. The van der Waals surface area contributed by atoms with Crippen LogP contribution in [0.1, 0.15) is 26.7 Å². The minimum absolute atomic E-state index is 0.234. The summed E-state index contributed by atoms with van der Waals surface area (Å²) in [5.74, 6) is 2.15. The third-order valence-electron chi connectivity index (χ3n) is 3.25. The Hall–Kier alpha value is -1.75. The number of ether oxygens (including phenoxy) is 2. The second kappa shape index (κ2) is 5.93. The maximum Gasteiger partial charge on any atom is 0.224 e. The molecule has 1 aromatic carbocycles. The summed E-state index contributed by atoms with van der Waals surface area (Å²) in [6.45, 7) is 5.03. The van der Waals surface area contributed by atoms with E-state index in [2.05, 4.69) is 15.3 Å². The quantitative estimate of drug-likeness (QED) is 0.825. The number of nitrogens with zero attached hydrogens (tertiary/aromatic N) is 2.